The third kappa shape index (κ3) is 3.35. The van der Waals surface area contributed by atoms with E-state index in [4.69, 9.17) is 10.5 Å². The predicted molar refractivity (Wildman–Crippen MR) is 79.9 cm³/mol. The predicted octanol–water partition coefficient (Wildman–Crippen LogP) is 1.52. The van der Waals surface area contributed by atoms with Gasteiger partial charge >= 0.3 is 0 Å². The number of carbonyl (C=O) groups excluding carboxylic acids is 2. The normalized spacial score (nSPS) is 19.9. The summed E-state index contributed by atoms with van der Waals surface area (Å²) < 4.78 is 5.32. The first-order valence-electron chi connectivity index (χ1n) is 7.25. The van der Waals surface area contributed by atoms with Crippen molar-refractivity contribution in [1.82, 2.24) is 4.90 Å². The van der Waals surface area contributed by atoms with Gasteiger partial charge in [0, 0.05) is 18.7 Å². The van der Waals surface area contributed by atoms with Crippen LogP contribution in [-0.2, 0) is 9.59 Å². The maximum absolute atomic E-state index is 12.7. The number of nitrogens with zero attached hydrogens (tertiary/aromatic N) is 1. The Morgan fingerprint density at radius 1 is 1.38 bits per heavy atom. The number of amides is 2. The van der Waals surface area contributed by atoms with E-state index in [0.29, 0.717) is 18.8 Å². The van der Waals surface area contributed by atoms with Crippen molar-refractivity contribution in [1.29, 1.82) is 0 Å². The zero-order valence-corrected chi connectivity index (χ0v) is 12.5. The summed E-state index contributed by atoms with van der Waals surface area (Å²) in [6.07, 6.45) is 1.58. The van der Waals surface area contributed by atoms with E-state index in [1.54, 1.807) is 12.0 Å². The van der Waals surface area contributed by atoms with Gasteiger partial charge in [0.15, 0.2) is 0 Å². The van der Waals surface area contributed by atoms with Crippen molar-refractivity contribution in [3.8, 4) is 5.75 Å². The summed E-state index contributed by atoms with van der Waals surface area (Å²) in [5.74, 6) is -0.120. The van der Waals surface area contributed by atoms with Crippen LogP contribution in [0, 0.1) is 5.92 Å². The molecule has 2 atom stereocenters. The number of benzene rings is 1. The first-order chi connectivity index (χ1) is 10.0. The van der Waals surface area contributed by atoms with Crippen molar-refractivity contribution in [2.45, 2.75) is 25.7 Å². The van der Waals surface area contributed by atoms with Gasteiger partial charge in [-0.3, -0.25) is 9.59 Å². The molecule has 0 saturated carbocycles. The van der Waals surface area contributed by atoms with E-state index in [0.717, 1.165) is 18.4 Å². The number of carbonyl (C=O) groups is 2. The van der Waals surface area contributed by atoms with Crippen LogP contribution in [0.3, 0.4) is 0 Å². The second-order valence-electron chi connectivity index (χ2n) is 5.49. The average Bonchev–Trinajstić information content (AvgIpc) is 2.53. The van der Waals surface area contributed by atoms with Crippen molar-refractivity contribution in [2.24, 2.45) is 11.7 Å². The summed E-state index contributed by atoms with van der Waals surface area (Å²) in [6, 6.07) is 7.52. The molecule has 2 rings (SSSR count). The number of hydrogen-bond acceptors (Lipinski definition) is 3. The molecule has 0 aliphatic carbocycles. The van der Waals surface area contributed by atoms with Crippen LogP contribution < -0.4 is 10.5 Å². The fourth-order valence-electron chi connectivity index (χ4n) is 2.84. The van der Waals surface area contributed by atoms with Crippen molar-refractivity contribution in [3.05, 3.63) is 29.8 Å². The number of rotatable bonds is 4. The van der Waals surface area contributed by atoms with Gasteiger partial charge in [0.1, 0.15) is 5.75 Å². The molecule has 1 fully saturated rings. The van der Waals surface area contributed by atoms with Gasteiger partial charge in [-0.05, 0) is 25.8 Å². The molecule has 0 bridgehead atoms. The van der Waals surface area contributed by atoms with Gasteiger partial charge < -0.3 is 15.4 Å². The lowest BCUT2D eigenvalue weighted by atomic mass is 9.94. The zero-order chi connectivity index (χ0) is 15.4. The molecule has 1 aromatic carbocycles. The summed E-state index contributed by atoms with van der Waals surface area (Å²) in [4.78, 5) is 25.7. The molecule has 0 aromatic heterocycles. The minimum atomic E-state index is -0.322. The average molecular weight is 290 g/mol. The highest BCUT2D eigenvalue weighted by Crippen LogP contribution is 2.29. The number of nitrogens with two attached hydrogens (primary N) is 1. The highest BCUT2D eigenvalue weighted by atomic mass is 16.5. The fourth-order valence-corrected chi connectivity index (χ4v) is 2.84. The minimum Gasteiger partial charge on any atom is -0.496 e. The van der Waals surface area contributed by atoms with Gasteiger partial charge in [0.25, 0.3) is 0 Å². The molecule has 0 spiro atoms. The molecular formula is C16H22N2O3. The molecule has 2 amide bonds. The first-order valence-corrected chi connectivity index (χ1v) is 7.25. The van der Waals surface area contributed by atoms with Crippen molar-refractivity contribution in [2.75, 3.05) is 20.2 Å². The summed E-state index contributed by atoms with van der Waals surface area (Å²) in [5.41, 5.74) is 6.23. The van der Waals surface area contributed by atoms with E-state index in [1.165, 1.54) is 0 Å². The van der Waals surface area contributed by atoms with Crippen LogP contribution in [0.4, 0.5) is 0 Å². The smallest absolute Gasteiger partial charge is 0.229 e. The Kier molecular flexibility index (Phi) is 4.83. The zero-order valence-electron chi connectivity index (χ0n) is 12.5. The molecule has 1 heterocycles. The van der Waals surface area contributed by atoms with Crippen LogP contribution in [0.15, 0.2) is 24.3 Å². The van der Waals surface area contributed by atoms with E-state index >= 15 is 0 Å². The second-order valence-corrected chi connectivity index (χ2v) is 5.49. The van der Waals surface area contributed by atoms with E-state index in [-0.39, 0.29) is 23.7 Å². The number of hydrogen-bond donors (Lipinski definition) is 1. The quantitative estimate of drug-likeness (QED) is 0.914. The Morgan fingerprint density at radius 3 is 2.76 bits per heavy atom. The van der Waals surface area contributed by atoms with Crippen LogP contribution >= 0.6 is 0 Å². The maximum atomic E-state index is 12.7. The molecule has 0 radical (unpaired) electrons. The highest BCUT2D eigenvalue weighted by molar-refractivity contribution is 5.85. The summed E-state index contributed by atoms with van der Waals surface area (Å²) in [5, 5.41) is 0. The largest absolute Gasteiger partial charge is 0.496 e. The van der Waals surface area contributed by atoms with Crippen LogP contribution in [0.5, 0.6) is 5.75 Å². The Hall–Kier alpha value is -2.04. The standard InChI is InChI=1S/C16H22N2O3/c1-11(13-7-3-4-8-14(13)21-2)16(20)18-9-5-6-12(10-18)15(17)19/h3-4,7-8,11-12H,5-6,9-10H2,1-2H3,(H2,17,19)/t11-,12+/m1/s1. The Balaban J connectivity index is 2.13. The van der Waals surface area contributed by atoms with Crippen molar-refractivity contribution in [3.63, 3.8) is 0 Å². The lowest BCUT2D eigenvalue weighted by Gasteiger charge is -2.33. The lowest BCUT2D eigenvalue weighted by Crippen LogP contribution is -2.45. The van der Waals surface area contributed by atoms with Crippen LogP contribution in [0.2, 0.25) is 0 Å². The third-order valence-corrected chi connectivity index (χ3v) is 4.11. The van der Waals surface area contributed by atoms with E-state index < -0.39 is 0 Å². The monoisotopic (exact) mass is 290 g/mol. The number of methoxy groups -OCH3 is 1. The molecule has 1 saturated heterocycles. The molecule has 0 unspecified atom stereocenters. The first kappa shape index (κ1) is 15.4. The molecule has 5 nitrogen and oxygen atoms in total. The number of para-hydroxylation sites is 1. The molecule has 2 N–H and O–H groups in total. The molecule has 1 aliphatic heterocycles. The second kappa shape index (κ2) is 6.61. The molecule has 1 aromatic rings. The van der Waals surface area contributed by atoms with Gasteiger partial charge in [-0.2, -0.15) is 0 Å². The summed E-state index contributed by atoms with van der Waals surface area (Å²) in [7, 11) is 1.60. The van der Waals surface area contributed by atoms with Crippen LogP contribution in [0.1, 0.15) is 31.2 Å². The molecular weight excluding hydrogens is 268 g/mol. The van der Waals surface area contributed by atoms with Crippen LogP contribution in [0.25, 0.3) is 0 Å². The van der Waals surface area contributed by atoms with Crippen molar-refractivity contribution < 1.29 is 14.3 Å². The van der Waals surface area contributed by atoms with Gasteiger partial charge in [-0.1, -0.05) is 18.2 Å². The van der Waals surface area contributed by atoms with E-state index in [1.807, 2.05) is 31.2 Å². The van der Waals surface area contributed by atoms with E-state index in [2.05, 4.69) is 0 Å². The molecule has 114 valence electrons. The molecule has 1 aliphatic rings. The fraction of sp³-hybridized carbons (Fsp3) is 0.500. The SMILES string of the molecule is COc1ccccc1[C@@H](C)C(=O)N1CCC[C@H](C(N)=O)C1. The molecule has 5 heteroatoms. The minimum absolute atomic E-state index is 0.0189. The summed E-state index contributed by atoms with van der Waals surface area (Å²) >= 11 is 0. The lowest BCUT2D eigenvalue weighted by molar-refractivity contribution is -0.136. The topological polar surface area (TPSA) is 72.6 Å². The van der Waals surface area contributed by atoms with Crippen molar-refractivity contribution >= 4 is 11.8 Å². The van der Waals surface area contributed by atoms with E-state index in [9.17, 15) is 9.59 Å². The number of piperidine rings is 1. The Bertz CT molecular complexity index is 530. The Labute approximate surface area is 125 Å². The summed E-state index contributed by atoms with van der Waals surface area (Å²) in [6.45, 7) is 2.98. The van der Waals surface area contributed by atoms with Gasteiger partial charge in [0.2, 0.25) is 11.8 Å². The van der Waals surface area contributed by atoms with Gasteiger partial charge in [0.05, 0.1) is 18.9 Å². The van der Waals surface area contributed by atoms with Crippen LogP contribution in [-0.4, -0.2) is 36.9 Å². The van der Waals surface area contributed by atoms with Gasteiger partial charge in [-0.15, -0.1) is 0 Å². The Morgan fingerprint density at radius 2 is 2.10 bits per heavy atom. The number of primary amides is 1. The third-order valence-electron chi connectivity index (χ3n) is 4.11. The maximum Gasteiger partial charge on any atom is 0.229 e. The highest BCUT2D eigenvalue weighted by Gasteiger charge is 2.30. The number of likely N-dealkylation sites (tertiary alicyclic amines) is 1. The van der Waals surface area contributed by atoms with Gasteiger partial charge in [-0.25, -0.2) is 0 Å². The number of ether oxygens (including phenoxy) is 1. The molecule has 21 heavy (non-hydrogen) atoms.